The maximum atomic E-state index is 5.27. The third kappa shape index (κ3) is 3.05. The van der Waals surface area contributed by atoms with Crippen LogP contribution in [0.3, 0.4) is 0 Å². The van der Waals surface area contributed by atoms with E-state index in [1.807, 2.05) is 31.0 Å². The van der Waals surface area contributed by atoms with Crippen LogP contribution in [0, 0.1) is 0 Å². The van der Waals surface area contributed by atoms with Crippen LogP contribution >= 0.6 is 11.5 Å². The molecule has 0 fully saturated rings. The Hall–Kier alpha value is -2.35. The second kappa shape index (κ2) is 5.96. The Bertz CT molecular complexity index is 710. The van der Waals surface area contributed by atoms with Crippen LogP contribution in [0.2, 0.25) is 0 Å². The summed E-state index contributed by atoms with van der Waals surface area (Å²) >= 11 is 1.37. The zero-order valence-electron chi connectivity index (χ0n) is 11.7. The van der Waals surface area contributed by atoms with Crippen LogP contribution in [-0.4, -0.2) is 31.5 Å². The molecule has 3 rings (SSSR count). The number of aryl methyl sites for hydroxylation is 1. The van der Waals surface area contributed by atoms with E-state index in [0.29, 0.717) is 18.3 Å². The molecule has 0 unspecified atom stereocenters. The Labute approximate surface area is 125 Å². The molecule has 0 aliphatic rings. The van der Waals surface area contributed by atoms with Crippen LogP contribution in [0.25, 0.3) is 11.4 Å². The van der Waals surface area contributed by atoms with Gasteiger partial charge in [0.25, 0.3) is 0 Å². The van der Waals surface area contributed by atoms with Gasteiger partial charge >= 0.3 is 0 Å². The number of hydrogen-bond donors (Lipinski definition) is 0. The van der Waals surface area contributed by atoms with Crippen LogP contribution in [0.15, 0.2) is 29.0 Å². The molecule has 0 bridgehead atoms. The average Bonchev–Trinajstić information content (AvgIpc) is 3.17. The highest BCUT2D eigenvalue weighted by molar-refractivity contribution is 7.09. The maximum Gasteiger partial charge on any atom is 0.246 e. The van der Waals surface area contributed by atoms with Crippen molar-refractivity contribution >= 4 is 16.7 Å². The molecule has 0 aliphatic heterocycles. The molecule has 0 saturated carbocycles. The molecule has 0 aliphatic carbocycles. The summed E-state index contributed by atoms with van der Waals surface area (Å²) in [4.78, 5) is 14.8. The SMILES string of the molecule is CCc1nsc(N(C)Cc2nc(-c3cccnc3)no2)n1. The van der Waals surface area contributed by atoms with Crippen LogP contribution in [0.1, 0.15) is 18.6 Å². The molecular weight excluding hydrogens is 288 g/mol. The van der Waals surface area contributed by atoms with Gasteiger partial charge in [-0.15, -0.1) is 0 Å². The summed E-state index contributed by atoms with van der Waals surface area (Å²) in [7, 11) is 1.92. The fraction of sp³-hybridized carbons (Fsp3) is 0.308. The summed E-state index contributed by atoms with van der Waals surface area (Å²) < 4.78 is 9.53. The Balaban J connectivity index is 1.72. The molecule has 3 aromatic heterocycles. The first-order chi connectivity index (χ1) is 10.3. The minimum atomic E-state index is 0.492. The van der Waals surface area contributed by atoms with Gasteiger partial charge in [0.05, 0.1) is 6.54 Å². The predicted octanol–water partition coefficient (Wildman–Crippen LogP) is 2.18. The molecule has 3 heterocycles. The second-order valence-corrected chi connectivity index (χ2v) is 5.19. The van der Waals surface area contributed by atoms with Crippen molar-refractivity contribution in [3.05, 3.63) is 36.2 Å². The third-order valence-electron chi connectivity index (χ3n) is 2.86. The Morgan fingerprint density at radius 3 is 2.95 bits per heavy atom. The van der Waals surface area contributed by atoms with Gasteiger partial charge in [0.2, 0.25) is 16.8 Å². The smallest absolute Gasteiger partial charge is 0.246 e. The molecule has 8 heteroatoms. The van der Waals surface area contributed by atoms with Gasteiger partial charge in [0.1, 0.15) is 5.82 Å². The lowest BCUT2D eigenvalue weighted by atomic mass is 10.3. The fourth-order valence-corrected chi connectivity index (χ4v) is 2.45. The van der Waals surface area contributed by atoms with Crippen molar-refractivity contribution in [3.63, 3.8) is 0 Å². The molecule has 0 atom stereocenters. The van der Waals surface area contributed by atoms with Gasteiger partial charge in [0, 0.05) is 43.0 Å². The van der Waals surface area contributed by atoms with E-state index in [4.69, 9.17) is 4.52 Å². The summed E-state index contributed by atoms with van der Waals surface area (Å²) in [5.74, 6) is 1.92. The van der Waals surface area contributed by atoms with Gasteiger partial charge in [-0.3, -0.25) is 4.98 Å². The van der Waals surface area contributed by atoms with Crippen molar-refractivity contribution in [2.45, 2.75) is 19.9 Å². The Kier molecular flexibility index (Phi) is 3.87. The van der Waals surface area contributed by atoms with E-state index in [9.17, 15) is 0 Å². The van der Waals surface area contributed by atoms with Crippen molar-refractivity contribution < 1.29 is 4.52 Å². The van der Waals surface area contributed by atoms with Crippen molar-refractivity contribution in [2.24, 2.45) is 0 Å². The van der Waals surface area contributed by atoms with Gasteiger partial charge in [-0.1, -0.05) is 12.1 Å². The zero-order valence-corrected chi connectivity index (χ0v) is 12.5. The molecule has 108 valence electrons. The van der Waals surface area contributed by atoms with E-state index in [2.05, 4.69) is 24.5 Å². The number of pyridine rings is 1. The van der Waals surface area contributed by atoms with Crippen molar-refractivity contribution in [1.29, 1.82) is 0 Å². The highest BCUT2D eigenvalue weighted by Gasteiger charge is 2.13. The molecule has 0 aromatic carbocycles. The van der Waals surface area contributed by atoms with Gasteiger partial charge in [-0.25, -0.2) is 4.98 Å². The first-order valence-electron chi connectivity index (χ1n) is 6.53. The van der Waals surface area contributed by atoms with E-state index >= 15 is 0 Å². The lowest BCUT2D eigenvalue weighted by Gasteiger charge is -2.11. The number of aromatic nitrogens is 5. The van der Waals surface area contributed by atoms with Crippen LogP contribution in [-0.2, 0) is 13.0 Å². The van der Waals surface area contributed by atoms with Gasteiger partial charge in [-0.2, -0.15) is 9.36 Å². The molecule has 21 heavy (non-hydrogen) atoms. The second-order valence-electron chi connectivity index (χ2n) is 4.46. The summed E-state index contributed by atoms with van der Waals surface area (Å²) in [6, 6.07) is 3.73. The van der Waals surface area contributed by atoms with E-state index in [-0.39, 0.29) is 0 Å². The zero-order chi connectivity index (χ0) is 14.7. The maximum absolute atomic E-state index is 5.27. The number of hydrogen-bond acceptors (Lipinski definition) is 8. The van der Waals surface area contributed by atoms with E-state index in [1.54, 1.807) is 12.4 Å². The number of anilines is 1. The molecular formula is C13H14N6OS. The molecule has 0 spiro atoms. The summed E-state index contributed by atoms with van der Waals surface area (Å²) in [5.41, 5.74) is 0.833. The first kappa shape index (κ1) is 13.6. The van der Waals surface area contributed by atoms with Gasteiger partial charge < -0.3 is 9.42 Å². The van der Waals surface area contributed by atoms with Gasteiger partial charge in [0.15, 0.2) is 0 Å². The lowest BCUT2D eigenvalue weighted by Crippen LogP contribution is -2.16. The Morgan fingerprint density at radius 2 is 2.24 bits per heavy atom. The normalized spacial score (nSPS) is 10.8. The highest BCUT2D eigenvalue weighted by Crippen LogP contribution is 2.19. The third-order valence-corrected chi connectivity index (χ3v) is 3.73. The predicted molar refractivity (Wildman–Crippen MR) is 78.9 cm³/mol. The molecule has 3 aromatic rings. The van der Waals surface area contributed by atoms with E-state index in [1.165, 1.54) is 11.5 Å². The Morgan fingerprint density at radius 1 is 1.33 bits per heavy atom. The largest absolute Gasteiger partial charge is 0.341 e. The van der Waals surface area contributed by atoms with Gasteiger partial charge in [-0.05, 0) is 12.1 Å². The molecule has 7 nitrogen and oxygen atoms in total. The monoisotopic (exact) mass is 302 g/mol. The molecule has 0 N–H and O–H groups in total. The lowest BCUT2D eigenvalue weighted by molar-refractivity contribution is 0.378. The fourth-order valence-electron chi connectivity index (χ4n) is 1.75. The molecule has 0 saturated heterocycles. The molecule has 0 radical (unpaired) electrons. The summed E-state index contributed by atoms with van der Waals surface area (Å²) in [6.45, 7) is 2.52. The number of rotatable bonds is 5. The van der Waals surface area contributed by atoms with Crippen molar-refractivity contribution in [1.82, 2.24) is 24.5 Å². The summed E-state index contributed by atoms with van der Waals surface area (Å²) in [6.07, 6.45) is 4.24. The number of nitrogens with zero attached hydrogens (tertiary/aromatic N) is 6. The quantitative estimate of drug-likeness (QED) is 0.714. The summed E-state index contributed by atoms with van der Waals surface area (Å²) in [5, 5.41) is 4.81. The molecule has 0 amide bonds. The highest BCUT2D eigenvalue weighted by atomic mass is 32.1. The van der Waals surface area contributed by atoms with E-state index < -0.39 is 0 Å². The van der Waals surface area contributed by atoms with Crippen molar-refractivity contribution in [3.8, 4) is 11.4 Å². The minimum Gasteiger partial charge on any atom is -0.341 e. The first-order valence-corrected chi connectivity index (χ1v) is 7.30. The van der Waals surface area contributed by atoms with E-state index in [0.717, 1.165) is 22.9 Å². The topological polar surface area (TPSA) is 80.8 Å². The minimum absolute atomic E-state index is 0.492. The van der Waals surface area contributed by atoms with Crippen molar-refractivity contribution in [2.75, 3.05) is 11.9 Å². The van der Waals surface area contributed by atoms with Crippen LogP contribution in [0.4, 0.5) is 5.13 Å². The standard InChI is InChI=1S/C13H14N6OS/c1-3-10-15-13(21-18-10)19(2)8-11-16-12(17-20-11)9-5-4-6-14-7-9/h4-7H,3,8H2,1-2H3. The average molecular weight is 302 g/mol. The van der Waals surface area contributed by atoms with Crippen LogP contribution in [0.5, 0.6) is 0 Å². The van der Waals surface area contributed by atoms with Crippen LogP contribution < -0.4 is 4.90 Å².